The van der Waals surface area contributed by atoms with Gasteiger partial charge in [-0.2, -0.15) is 0 Å². The van der Waals surface area contributed by atoms with Crippen molar-refractivity contribution < 1.29 is 14.3 Å². The van der Waals surface area contributed by atoms with E-state index in [1.54, 1.807) is 13.4 Å². The maximum absolute atomic E-state index is 13.1. The number of para-hydroxylation sites is 2. The summed E-state index contributed by atoms with van der Waals surface area (Å²) in [6.45, 7) is 1.59. The van der Waals surface area contributed by atoms with Crippen LogP contribution in [0.5, 0.6) is 0 Å². The molecule has 1 fully saturated rings. The van der Waals surface area contributed by atoms with E-state index in [1.807, 2.05) is 58.0 Å². The van der Waals surface area contributed by atoms with Crippen LogP contribution >= 0.6 is 11.3 Å². The first kappa shape index (κ1) is 19.7. The van der Waals surface area contributed by atoms with Gasteiger partial charge in [-0.25, -0.2) is 4.98 Å². The summed E-state index contributed by atoms with van der Waals surface area (Å²) in [5.41, 5.74) is 2.67. The SMILES string of the molecule is CNC(=O)c1sc2ccccc2c1C1CN(C(=O)Cn2cnc3ccccc32)CCO1. The number of nitrogens with zero attached hydrogens (tertiary/aromatic N) is 3. The molecule has 7 nitrogen and oxygen atoms in total. The van der Waals surface area contributed by atoms with Crippen LogP contribution in [0.1, 0.15) is 21.3 Å². The first-order chi connectivity index (χ1) is 15.2. The topological polar surface area (TPSA) is 76.5 Å². The number of nitrogens with one attached hydrogen (secondary N) is 1. The molecule has 1 atom stereocenters. The molecule has 0 spiro atoms. The second-order valence-electron chi connectivity index (χ2n) is 7.48. The molecular weight excluding hydrogens is 412 g/mol. The highest BCUT2D eigenvalue weighted by molar-refractivity contribution is 7.21. The van der Waals surface area contributed by atoms with E-state index in [0.717, 1.165) is 26.7 Å². The van der Waals surface area contributed by atoms with Crippen molar-refractivity contribution in [3.05, 3.63) is 65.3 Å². The highest BCUT2D eigenvalue weighted by atomic mass is 32.1. The Morgan fingerprint density at radius 1 is 1.19 bits per heavy atom. The van der Waals surface area contributed by atoms with Crippen LogP contribution in [0.4, 0.5) is 0 Å². The van der Waals surface area contributed by atoms with E-state index in [-0.39, 0.29) is 24.5 Å². The number of aromatic nitrogens is 2. The lowest BCUT2D eigenvalue weighted by atomic mass is 10.0. The highest BCUT2D eigenvalue weighted by Crippen LogP contribution is 2.38. The number of carbonyl (C=O) groups excluding carboxylic acids is 2. The van der Waals surface area contributed by atoms with E-state index in [4.69, 9.17) is 4.74 Å². The van der Waals surface area contributed by atoms with Crippen molar-refractivity contribution in [2.45, 2.75) is 12.6 Å². The normalized spacial score (nSPS) is 16.7. The Kier molecular flexibility index (Phi) is 5.17. The molecule has 31 heavy (non-hydrogen) atoms. The van der Waals surface area contributed by atoms with Gasteiger partial charge >= 0.3 is 0 Å². The standard InChI is InChI=1S/C23H22N4O3S/c1-24-23(29)22-21(15-6-2-5-9-19(15)31-22)18-12-26(10-11-30-18)20(28)13-27-14-25-16-7-3-4-8-17(16)27/h2-9,14,18H,10-13H2,1H3,(H,24,29). The zero-order valence-electron chi connectivity index (χ0n) is 17.1. The van der Waals surface area contributed by atoms with Crippen molar-refractivity contribution in [3.63, 3.8) is 0 Å². The lowest BCUT2D eigenvalue weighted by Gasteiger charge is -2.33. The van der Waals surface area contributed by atoms with Crippen LogP contribution in [-0.4, -0.2) is 53.0 Å². The second kappa shape index (κ2) is 8.13. The van der Waals surface area contributed by atoms with Gasteiger partial charge in [0.05, 0.1) is 35.4 Å². The van der Waals surface area contributed by atoms with E-state index in [2.05, 4.69) is 10.3 Å². The molecule has 5 rings (SSSR count). The van der Waals surface area contributed by atoms with Gasteiger partial charge in [0.15, 0.2) is 0 Å². The number of morpholine rings is 1. The van der Waals surface area contributed by atoms with Gasteiger partial charge in [0.25, 0.3) is 5.91 Å². The summed E-state index contributed by atoms with van der Waals surface area (Å²) in [6.07, 6.45) is 1.36. The summed E-state index contributed by atoms with van der Waals surface area (Å²) in [5, 5.41) is 3.73. The number of amides is 2. The summed E-state index contributed by atoms with van der Waals surface area (Å²) >= 11 is 1.46. The third kappa shape index (κ3) is 3.58. The molecule has 1 saturated heterocycles. The van der Waals surface area contributed by atoms with Gasteiger partial charge in [0.1, 0.15) is 12.6 Å². The van der Waals surface area contributed by atoms with E-state index in [1.165, 1.54) is 11.3 Å². The number of fused-ring (bicyclic) bond motifs is 2. The number of imidazole rings is 1. The van der Waals surface area contributed by atoms with Crippen LogP contribution in [0, 0.1) is 0 Å². The second-order valence-corrected chi connectivity index (χ2v) is 8.53. The quantitative estimate of drug-likeness (QED) is 0.535. The number of rotatable bonds is 4. The van der Waals surface area contributed by atoms with Crippen molar-refractivity contribution in [2.24, 2.45) is 0 Å². The van der Waals surface area contributed by atoms with Crippen molar-refractivity contribution in [1.29, 1.82) is 0 Å². The fourth-order valence-electron chi connectivity index (χ4n) is 4.10. The van der Waals surface area contributed by atoms with E-state index < -0.39 is 0 Å². The molecule has 2 aromatic heterocycles. The van der Waals surface area contributed by atoms with Gasteiger partial charge in [0.2, 0.25) is 5.91 Å². The van der Waals surface area contributed by atoms with Gasteiger partial charge in [-0.3, -0.25) is 9.59 Å². The van der Waals surface area contributed by atoms with E-state index >= 15 is 0 Å². The predicted molar refractivity (Wildman–Crippen MR) is 120 cm³/mol. The summed E-state index contributed by atoms with van der Waals surface area (Å²) in [4.78, 5) is 32.5. The van der Waals surface area contributed by atoms with Crippen LogP contribution in [0.2, 0.25) is 0 Å². The van der Waals surface area contributed by atoms with Crippen molar-refractivity contribution in [2.75, 3.05) is 26.7 Å². The molecule has 1 N–H and O–H groups in total. The summed E-state index contributed by atoms with van der Waals surface area (Å²) in [6, 6.07) is 15.7. The molecular formula is C23H22N4O3S. The largest absolute Gasteiger partial charge is 0.370 e. The molecule has 0 saturated carbocycles. The van der Waals surface area contributed by atoms with E-state index in [0.29, 0.717) is 24.6 Å². The van der Waals surface area contributed by atoms with Crippen LogP contribution in [0.25, 0.3) is 21.1 Å². The Morgan fingerprint density at radius 3 is 2.87 bits per heavy atom. The molecule has 2 aromatic carbocycles. The number of ether oxygens (including phenoxy) is 1. The average Bonchev–Trinajstić information content (AvgIpc) is 3.40. The minimum Gasteiger partial charge on any atom is -0.370 e. The van der Waals surface area contributed by atoms with Gasteiger partial charge in [-0.15, -0.1) is 11.3 Å². The lowest BCUT2D eigenvalue weighted by Crippen LogP contribution is -2.43. The number of benzene rings is 2. The molecule has 158 valence electrons. The Labute approximate surface area is 183 Å². The predicted octanol–water partition coefficient (Wildman–Crippen LogP) is 3.21. The highest BCUT2D eigenvalue weighted by Gasteiger charge is 2.31. The van der Waals surface area contributed by atoms with Gasteiger partial charge in [-0.1, -0.05) is 30.3 Å². The number of carbonyl (C=O) groups is 2. The zero-order valence-corrected chi connectivity index (χ0v) is 17.9. The smallest absolute Gasteiger partial charge is 0.261 e. The molecule has 0 aliphatic carbocycles. The summed E-state index contributed by atoms with van der Waals surface area (Å²) in [5.74, 6) is -0.120. The molecule has 4 aromatic rings. The minimum absolute atomic E-state index is 0.0116. The first-order valence-corrected chi connectivity index (χ1v) is 11.0. The minimum atomic E-state index is -0.347. The van der Waals surface area contributed by atoms with Crippen LogP contribution < -0.4 is 5.32 Å². The fraction of sp³-hybridized carbons (Fsp3) is 0.261. The van der Waals surface area contributed by atoms with Crippen molar-refractivity contribution in [3.8, 4) is 0 Å². The molecule has 0 bridgehead atoms. The monoisotopic (exact) mass is 434 g/mol. The van der Waals surface area contributed by atoms with Gasteiger partial charge in [0, 0.05) is 23.9 Å². The maximum atomic E-state index is 13.1. The Bertz CT molecular complexity index is 1280. The maximum Gasteiger partial charge on any atom is 0.261 e. The summed E-state index contributed by atoms with van der Waals surface area (Å²) in [7, 11) is 1.63. The third-order valence-electron chi connectivity index (χ3n) is 5.64. The Balaban J connectivity index is 1.42. The molecule has 8 heteroatoms. The van der Waals surface area contributed by atoms with Crippen LogP contribution in [0.3, 0.4) is 0 Å². The van der Waals surface area contributed by atoms with Gasteiger partial charge in [-0.05, 0) is 23.6 Å². The molecule has 0 radical (unpaired) electrons. The first-order valence-electron chi connectivity index (χ1n) is 10.2. The number of hydrogen-bond donors (Lipinski definition) is 1. The molecule has 1 aliphatic heterocycles. The van der Waals surface area contributed by atoms with Crippen molar-refractivity contribution >= 4 is 44.3 Å². The van der Waals surface area contributed by atoms with Crippen LogP contribution in [0.15, 0.2) is 54.9 Å². The number of hydrogen-bond acceptors (Lipinski definition) is 5. The molecule has 3 heterocycles. The fourth-order valence-corrected chi connectivity index (χ4v) is 5.30. The average molecular weight is 435 g/mol. The van der Waals surface area contributed by atoms with E-state index in [9.17, 15) is 9.59 Å². The lowest BCUT2D eigenvalue weighted by molar-refractivity contribution is -0.139. The third-order valence-corrected chi connectivity index (χ3v) is 6.83. The number of thiophene rings is 1. The summed E-state index contributed by atoms with van der Waals surface area (Å²) < 4.78 is 8.97. The molecule has 2 amide bonds. The Hall–Kier alpha value is -3.23. The van der Waals surface area contributed by atoms with Crippen molar-refractivity contribution in [1.82, 2.24) is 19.8 Å². The molecule has 1 aliphatic rings. The van der Waals surface area contributed by atoms with Gasteiger partial charge < -0.3 is 19.5 Å². The molecule has 1 unspecified atom stereocenters. The Morgan fingerprint density at radius 2 is 2.00 bits per heavy atom. The van der Waals surface area contributed by atoms with Crippen LogP contribution in [-0.2, 0) is 16.1 Å². The zero-order chi connectivity index (χ0) is 21.4.